The number of fused-ring (bicyclic) bond motifs is 1. The van der Waals surface area contributed by atoms with Gasteiger partial charge in [0.15, 0.2) is 0 Å². The predicted octanol–water partition coefficient (Wildman–Crippen LogP) is 4.97. The largest absolute Gasteiger partial charge is 0.377 e. The summed E-state index contributed by atoms with van der Waals surface area (Å²) in [6.45, 7) is 4.78. The van der Waals surface area contributed by atoms with Gasteiger partial charge in [0.25, 0.3) is 0 Å². The minimum atomic E-state index is -1.05. The van der Waals surface area contributed by atoms with Crippen molar-refractivity contribution in [3.63, 3.8) is 0 Å². The van der Waals surface area contributed by atoms with E-state index in [-0.39, 0.29) is 5.41 Å². The van der Waals surface area contributed by atoms with E-state index >= 15 is 0 Å². The molecule has 2 unspecified atom stereocenters. The van der Waals surface area contributed by atoms with Gasteiger partial charge in [0, 0.05) is 5.41 Å². The third kappa shape index (κ3) is 2.61. The van der Waals surface area contributed by atoms with Crippen LogP contribution in [0.25, 0.3) is 0 Å². The van der Waals surface area contributed by atoms with E-state index in [0.717, 1.165) is 24.9 Å². The van der Waals surface area contributed by atoms with E-state index in [2.05, 4.69) is 36.1 Å². The van der Waals surface area contributed by atoms with Gasteiger partial charge >= 0.3 is 0 Å². The molecular formula is C21H24N2O. The lowest BCUT2D eigenvalue weighted by Crippen LogP contribution is -2.44. The number of terminal acetylenes is 1. The van der Waals surface area contributed by atoms with Crippen LogP contribution in [0.5, 0.6) is 0 Å². The van der Waals surface area contributed by atoms with Crippen LogP contribution in [0.15, 0.2) is 63.4 Å². The molecule has 0 radical (unpaired) electrons. The van der Waals surface area contributed by atoms with Crippen LogP contribution in [0, 0.1) is 17.8 Å². The van der Waals surface area contributed by atoms with E-state index in [9.17, 15) is 5.11 Å². The van der Waals surface area contributed by atoms with Crippen LogP contribution >= 0.6 is 0 Å². The zero-order chi connectivity index (χ0) is 17.2. The number of benzene rings is 1. The zero-order valence-electron chi connectivity index (χ0n) is 14.4. The molecule has 24 heavy (non-hydrogen) atoms. The third-order valence-corrected chi connectivity index (χ3v) is 5.67. The standard InChI is InChI=1S/C21H24N2O/c1-4-20-14-17(15-22-23-19-9-7-6-8-10-19)16(3)13-18(20)11-12-21(20,24)5-2/h2,6-10,13,24H,4,11-12,14-15H2,1,3H3. The Morgan fingerprint density at radius 2 is 2.04 bits per heavy atom. The van der Waals surface area contributed by atoms with Gasteiger partial charge in [-0.25, -0.2) is 0 Å². The number of hydrogen-bond acceptors (Lipinski definition) is 3. The highest BCUT2D eigenvalue weighted by atomic mass is 16.3. The van der Waals surface area contributed by atoms with E-state index < -0.39 is 5.60 Å². The molecule has 124 valence electrons. The average Bonchev–Trinajstić information content (AvgIpc) is 2.89. The maximum Gasteiger partial charge on any atom is 0.135 e. The van der Waals surface area contributed by atoms with E-state index in [4.69, 9.17) is 6.42 Å². The van der Waals surface area contributed by atoms with Crippen LogP contribution in [0.2, 0.25) is 0 Å². The first-order valence-corrected chi connectivity index (χ1v) is 8.57. The fraction of sp³-hybridized carbons (Fsp3) is 0.429. The Bertz CT molecular complexity index is 754. The maximum absolute atomic E-state index is 11.0. The van der Waals surface area contributed by atoms with Crippen molar-refractivity contribution in [3.05, 3.63) is 53.1 Å². The molecule has 3 nitrogen and oxygen atoms in total. The molecule has 0 aromatic heterocycles. The summed E-state index contributed by atoms with van der Waals surface area (Å²) in [4.78, 5) is 0. The molecule has 2 aliphatic carbocycles. The molecule has 2 atom stereocenters. The minimum absolute atomic E-state index is 0.334. The Labute approximate surface area is 144 Å². The van der Waals surface area contributed by atoms with Crippen LogP contribution in [0.3, 0.4) is 0 Å². The topological polar surface area (TPSA) is 45.0 Å². The van der Waals surface area contributed by atoms with Crippen LogP contribution in [0.4, 0.5) is 5.69 Å². The number of nitrogens with zero attached hydrogens (tertiary/aromatic N) is 2. The molecule has 1 N–H and O–H groups in total. The van der Waals surface area contributed by atoms with Gasteiger partial charge < -0.3 is 5.11 Å². The molecular weight excluding hydrogens is 296 g/mol. The molecule has 3 rings (SSSR count). The van der Waals surface area contributed by atoms with Gasteiger partial charge in [0.1, 0.15) is 5.60 Å². The first kappa shape index (κ1) is 16.7. The normalized spacial score (nSPS) is 29.5. The highest BCUT2D eigenvalue weighted by molar-refractivity contribution is 5.45. The SMILES string of the molecule is C#CC1(O)CCC2=CC(C)=C(CN=Nc3ccccc3)CC21CC. The van der Waals surface area contributed by atoms with Gasteiger partial charge in [-0.15, -0.1) is 6.42 Å². The molecule has 0 heterocycles. The van der Waals surface area contributed by atoms with Crippen molar-refractivity contribution in [2.45, 2.75) is 45.1 Å². The number of azo groups is 1. The summed E-state index contributed by atoms with van der Waals surface area (Å²) in [7, 11) is 0. The summed E-state index contributed by atoms with van der Waals surface area (Å²) in [5.41, 5.74) is 3.23. The number of hydrogen-bond donors (Lipinski definition) is 1. The second-order valence-electron chi connectivity index (χ2n) is 6.81. The molecule has 1 fully saturated rings. The van der Waals surface area contributed by atoms with Crippen LogP contribution < -0.4 is 0 Å². The van der Waals surface area contributed by atoms with Gasteiger partial charge in [-0.3, -0.25) is 0 Å². The quantitative estimate of drug-likeness (QED) is 0.617. The first-order valence-electron chi connectivity index (χ1n) is 8.57. The molecule has 0 spiro atoms. The number of allylic oxidation sites excluding steroid dienone is 2. The van der Waals surface area contributed by atoms with Crippen LogP contribution in [0.1, 0.15) is 39.5 Å². The summed E-state index contributed by atoms with van der Waals surface area (Å²) in [5.74, 6) is 2.69. The van der Waals surface area contributed by atoms with Gasteiger partial charge in [-0.1, -0.05) is 48.3 Å². The second-order valence-corrected chi connectivity index (χ2v) is 6.81. The van der Waals surface area contributed by atoms with Crippen molar-refractivity contribution in [1.29, 1.82) is 0 Å². The predicted molar refractivity (Wildman–Crippen MR) is 97.0 cm³/mol. The van der Waals surface area contributed by atoms with Crippen LogP contribution in [-0.4, -0.2) is 17.3 Å². The van der Waals surface area contributed by atoms with Gasteiger partial charge in [-0.05, 0) is 50.3 Å². The van der Waals surface area contributed by atoms with Crippen LogP contribution in [-0.2, 0) is 0 Å². The van der Waals surface area contributed by atoms with E-state index in [0.29, 0.717) is 13.0 Å². The molecule has 1 saturated carbocycles. The Morgan fingerprint density at radius 1 is 1.29 bits per heavy atom. The Hall–Kier alpha value is -2.18. The lowest BCUT2D eigenvalue weighted by Gasteiger charge is -2.42. The molecule has 1 aromatic rings. The fourth-order valence-corrected chi connectivity index (χ4v) is 4.13. The smallest absolute Gasteiger partial charge is 0.135 e. The highest BCUT2D eigenvalue weighted by Crippen LogP contribution is 2.58. The fourth-order valence-electron chi connectivity index (χ4n) is 4.13. The van der Waals surface area contributed by atoms with Crippen molar-refractivity contribution in [1.82, 2.24) is 0 Å². The monoisotopic (exact) mass is 320 g/mol. The second kappa shape index (κ2) is 6.37. The highest BCUT2D eigenvalue weighted by Gasteiger charge is 2.56. The lowest BCUT2D eigenvalue weighted by atomic mass is 9.64. The molecule has 0 bridgehead atoms. The lowest BCUT2D eigenvalue weighted by molar-refractivity contribution is 0.00187. The van der Waals surface area contributed by atoms with Gasteiger partial charge in [-0.2, -0.15) is 10.2 Å². The summed E-state index contributed by atoms with van der Waals surface area (Å²) in [5, 5.41) is 19.7. The first-order chi connectivity index (χ1) is 11.5. The van der Waals surface area contributed by atoms with Crippen molar-refractivity contribution in [3.8, 4) is 12.3 Å². The zero-order valence-corrected chi connectivity index (χ0v) is 14.4. The average molecular weight is 320 g/mol. The summed E-state index contributed by atoms with van der Waals surface area (Å²) >= 11 is 0. The minimum Gasteiger partial charge on any atom is -0.377 e. The van der Waals surface area contributed by atoms with Gasteiger partial charge in [0.05, 0.1) is 12.2 Å². The Balaban J connectivity index is 1.84. The maximum atomic E-state index is 11.0. The van der Waals surface area contributed by atoms with Crippen molar-refractivity contribution < 1.29 is 5.11 Å². The number of aliphatic hydroxyl groups is 1. The molecule has 0 amide bonds. The molecule has 3 heteroatoms. The molecule has 1 aromatic carbocycles. The summed E-state index contributed by atoms with van der Waals surface area (Å²) in [6, 6.07) is 9.74. The van der Waals surface area contributed by atoms with E-state index in [1.54, 1.807) is 0 Å². The van der Waals surface area contributed by atoms with Crippen molar-refractivity contribution in [2.75, 3.05) is 6.54 Å². The third-order valence-electron chi connectivity index (χ3n) is 5.67. The summed E-state index contributed by atoms with van der Waals surface area (Å²) < 4.78 is 0. The van der Waals surface area contributed by atoms with E-state index in [1.807, 2.05) is 30.3 Å². The Morgan fingerprint density at radius 3 is 2.71 bits per heavy atom. The van der Waals surface area contributed by atoms with E-state index in [1.165, 1.54) is 16.7 Å². The molecule has 0 saturated heterocycles. The summed E-state index contributed by atoms with van der Waals surface area (Å²) in [6.07, 6.45) is 11.1. The Kier molecular flexibility index (Phi) is 4.43. The van der Waals surface area contributed by atoms with Gasteiger partial charge in [0.2, 0.25) is 0 Å². The van der Waals surface area contributed by atoms with Crippen molar-refractivity contribution in [2.24, 2.45) is 15.6 Å². The number of rotatable bonds is 4. The molecule has 2 aliphatic rings. The van der Waals surface area contributed by atoms with Crippen molar-refractivity contribution >= 4 is 5.69 Å². The molecule has 0 aliphatic heterocycles.